The fourth-order valence-corrected chi connectivity index (χ4v) is 0.370. The van der Waals surface area contributed by atoms with Crippen LogP contribution in [0.1, 0.15) is 0 Å². The Morgan fingerprint density at radius 2 is 2.20 bits per heavy atom. The second-order valence-corrected chi connectivity index (χ2v) is 1.63. The fraction of sp³-hybridized carbons (Fsp3) is 0.500. The van der Waals surface area contributed by atoms with Crippen molar-refractivity contribution in [3.63, 3.8) is 0 Å². The summed E-state index contributed by atoms with van der Waals surface area (Å²) in [5.74, 6) is 0. The zero-order valence-corrected chi connectivity index (χ0v) is 6.19. The van der Waals surface area contributed by atoms with Gasteiger partial charge in [0.05, 0.1) is 6.33 Å². The second-order valence-electron chi connectivity index (χ2n) is 1.63. The monoisotopic (exact) mass is 144 g/mol. The molecule has 58 valence electrons. The number of methoxy groups -OCH3 is 1. The molecule has 0 amide bonds. The molecule has 4 heteroatoms. The molecule has 1 N–H and O–H groups in total. The van der Waals surface area contributed by atoms with Crippen molar-refractivity contribution in [2.24, 2.45) is 0 Å². The molecular weight excluding hydrogens is 132 g/mol. The lowest BCUT2D eigenvalue weighted by Crippen LogP contribution is -1.89. The molecule has 0 bridgehead atoms. The summed E-state index contributed by atoms with van der Waals surface area (Å²) >= 11 is 0. The SMILES string of the molecule is COC.OCn1ccnc1. The van der Waals surface area contributed by atoms with Gasteiger partial charge in [0, 0.05) is 26.6 Å². The second kappa shape index (κ2) is 6.25. The molecule has 0 saturated carbocycles. The van der Waals surface area contributed by atoms with Gasteiger partial charge >= 0.3 is 0 Å². The maximum Gasteiger partial charge on any atom is 0.120 e. The van der Waals surface area contributed by atoms with E-state index in [0.717, 1.165) is 0 Å². The van der Waals surface area contributed by atoms with E-state index in [9.17, 15) is 0 Å². The minimum absolute atomic E-state index is 0.0139. The highest BCUT2D eigenvalue weighted by Crippen LogP contribution is 1.79. The predicted molar refractivity (Wildman–Crippen MR) is 37.4 cm³/mol. The third-order valence-electron chi connectivity index (χ3n) is 0.722. The maximum absolute atomic E-state index is 8.35. The molecule has 0 saturated heterocycles. The number of ether oxygens (including phenoxy) is 1. The zero-order chi connectivity index (χ0) is 7.82. The molecule has 0 unspecified atom stereocenters. The van der Waals surface area contributed by atoms with Gasteiger partial charge in [-0.3, -0.25) is 0 Å². The van der Waals surface area contributed by atoms with Crippen LogP contribution in [0.2, 0.25) is 0 Å². The van der Waals surface area contributed by atoms with Crippen molar-refractivity contribution in [3.8, 4) is 0 Å². The lowest BCUT2D eigenvalue weighted by molar-refractivity contribution is 0.210. The van der Waals surface area contributed by atoms with Crippen molar-refractivity contribution >= 4 is 0 Å². The standard InChI is InChI=1S/C4H6N2O.C2H6O/c7-4-6-2-1-5-3-6;1-3-2/h1-3,7H,4H2;1-2H3. The van der Waals surface area contributed by atoms with Gasteiger partial charge in [-0.05, 0) is 0 Å². The average molecular weight is 144 g/mol. The smallest absolute Gasteiger partial charge is 0.120 e. The van der Waals surface area contributed by atoms with Gasteiger partial charge in [0.1, 0.15) is 6.73 Å². The Morgan fingerprint density at radius 1 is 1.60 bits per heavy atom. The van der Waals surface area contributed by atoms with Crippen LogP contribution in [-0.4, -0.2) is 28.9 Å². The van der Waals surface area contributed by atoms with Crippen molar-refractivity contribution in [2.75, 3.05) is 14.2 Å². The number of rotatable bonds is 1. The summed E-state index contributed by atoms with van der Waals surface area (Å²) in [6.07, 6.45) is 4.87. The van der Waals surface area contributed by atoms with Gasteiger partial charge in [0.15, 0.2) is 0 Å². The van der Waals surface area contributed by atoms with Crippen LogP contribution >= 0.6 is 0 Å². The van der Waals surface area contributed by atoms with Gasteiger partial charge in [-0.15, -0.1) is 0 Å². The highest BCUT2D eigenvalue weighted by Gasteiger charge is 1.77. The van der Waals surface area contributed by atoms with Gasteiger partial charge in [-0.1, -0.05) is 0 Å². The largest absolute Gasteiger partial charge is 0.388 e. The quantitative estimate of drug-likeness (QED) is 0.608. The summed E-state index contributed by atoms with van der Waals surface area (Å²) < 4.78 is 5.82. The Morgan fingerprint density at radius 3 is 2.40 bits per heavy atom. The Balaban J connectivity index is 0.000000236. The van der Waals surface area contributed by atoms with E-state index in [2.05, 4.69) is 9.72 Å². The number of aromatic nitrogens is 2. The molecule has 0 atom stereocenters. The third-order valence-corrected chi connectivity index (χ3v) is 0.722. The topological polar surface area (TPSA) is 47.3 Å². The van der Waals surface area contributed by atoms with E-state index in [-0.39, 0.29) is 6.73 Å². The van der Waals surface area contributed by atoms with Crippen molar-refractivity contribution in [1.82, 2.24) is 9.55 Å². The van der Waals surface area contributed by atoms with Crippen LogP contribution < -0.4 is 0 Å². The van der Waals surface area contributed by atoms with E-state index >= 15 is 0 Å². The molecule has 0 radical (unpaired) electrons. The van der Waals surface area contributed by atoms with Crippen LogP contribution in [0.25, 0.3) is 0 Å². The number of hydrogen-bond donors (Lipinski definition) is 1. The van der Waals surface area contributed by atoms with Crippen LogP contribution in [0.4, 0.5) is 0 Å². The van der Waals surface area contributed by atoms with E-state index in [0.29, 0.717) is 0 Å². The summed E-state index contributed by atoms with van der Waals surface area (Å²) in [5.41, 5.74) is 0. The third kappa shape index (κ3) is 4.05. The molecule has 0 aliphatic rings. The molecule has 10 heavy (non-hydrogen) atoms. The highest BCUT2D eigenvalue weighted by atomic mass is 16.4. The summed E-state index contributed by atoms with van der Waals surface area (Å²) in [6.45, 7) is 0.0139. The Hall–Kier alpha value is -0.870. The van der Waals surface area contributed by atoms with E-state index in [1.165, 1.54) is 0 Å². The van der Waals surface area contributed by atoms with Crippen molar-refractivity contribution in [2.45, 2.75) is 6.73 Å². The van der Waals surface area contributed by atoms with E-state index in [1.807, 2.05) is 0 Å². The number of aliphatic hydroxyl groups is 1. The van der Waals surface area contributed by atoms with Crippen LogP contribution in [0.3, 0.4) is 0 Å². The normalized spacial score (nSPS) is 8.30. The van der Waals surface area contributed by atoms with Crippen LogP contribution in [0.5, 0.6) is 0 Å². The summed E-state index contributed by atoms with van der Waals surface area (Å²) in [4.78, 5) is 3.70. The maximum atomic E-state index is 8.35. The first-order chi connectivity index (χ1) is 4.85. The van der Waals surface area contributed by atoms with E-state index in [1.54, 1.807) is 37.5 Å². The van der Waals surface area contributed by atoms with Crippen molar-refractivity contribution in [3.05, 3.63) is 18.7 Å². The first kappa shape index (κ1) is 9.13. The van der Waals surface area contributed by atoms with Gasteiger partial charge in [0.25, 0.3) is 0 Å². The predicted octanol–water partition coefficient (Wildman–Crippen LogP) is 0.0955. The Labute approximate surface area is 60.1 Å². The Kier molecular flexibility index (Phi) is 5.71. The van der Waals surface area contributed by atoms with E-state index < -0.39 is 0 Å². The van der Waals surface area contributed by atoms with Gasteiger partial charge in [-0.25, -0.2) is 4.98 Å². The van der Waals surface area contributed by atoms with Gasteiger partial charge < -0.3 is 14.4 Å². The van der Waals surface area contributed by atoms with Gasteiger partial charge in [-0.2, -0.15) is 0 Å². The minimum Gasteiger partial charge on any atom is -0.388 e. The van der Waals surface area contributed by atoms with Crippen LogP contribution in [0.15, 0.2) is 18.7 Å². The van der Waals surface area contributed by atoms with Crippen molar-refractivity contribution < 1.29 is 9.84 Å². The lowest BCUT2D eigenvalue weighted by atomic mass is 10.9. The number of imidazole rings is 1. The highest BCUT2D eigenvalue weighted by molar-refractivity contribution is 4.71. The molecule has 0 aliphatic carbocycles. The molecule has 0 fully saturated rings. The molecule has 1 aromatic rings. The summed E-state index contributed by atoms with van der Waals surface area (Å²) in [7, 11) is 3.25. The average Bonchev–Trinajstić information content (AvgIpc) is 2.39. The molecule has 1 rings (SSSR count). The Bertz CT molecular complexity index is 139. The molecule has 4 nitrogen and oxygen atoms in total. The molecular formula is C6H12N2O2. The minimum atomic E-state index is 0.0139. The number of aliphatic hydroxyl groups excluding tert-OH is 1. The molecule has 0 spiro atoms. The molecule has 1 aromatic heterocycles. The van der Waals surface area contributed by atoms with Crippen LogP contribution in [0, 0.1) is 0 Å². The first-order valence-corrected chi connectivity index (χ1v) is 2.82. The molecule has 1 heterocycles. The van der Waals surface area contributed by atoms with Crippen molar-refractivity contribution in [1.29, 1.82) is 0 Å². The van der Waals surface area contributed by atoms with E-state index in [4.69, 9.17) is 5.11 Å². The first-order valence-electron chi connectivity index (χ1n) is 2.82. The number of nitrogens with zero attached hydrogens (tertiary/aromatic N) is 2. The summed E-state index contributed by atoms with van der Waals surface area (Å²) in [5, 5.41) is 8.35. The summed E-state index contributed by atoms with van der Waals surface area (Å²) in [6, 6.07) is 0. The molecule has 0 aromatic carbocycles. The zero-order valence-electron chi connectivity index (χ0n) is 6.19. The lowest BCUT2D eigenvalue weighted by Gasteiger charge is -1.87. The molecule has 0 aliphatic heterocycles. The number of hydrogen-bond acceptors (Lipinski definition) is 3. The fourth-order valence-electron chi connectivity index (χ4n) is 0.370. The van der Waals surface area contributed by atoms with Gasteiger partial charge in [0.2, 0.25) is 0 Å². The van der Waals surface area contributed by atoms with Crippen LogP contribution in [-0.2, 0) is 11.5 Å².